The third-order valence-electron chi connectivity index (χ3n) is 6.25. The van der Waals surface area contributed by atoms with Gasteiger partial charge in [-0.15, -0.1) is 0 Å². The third kappa shape index (κ3) is 0.379. The van der Waals surface area contributed by atoms with E-state index in [2.05, 4.69) is 0 Å². The van der Waals surface area contributed by atoms with Crippen molar-refractivity contribution >= 4 is 5.78 Å². The molecule has 68 valence electrons. The fourth-order valence-corrected chi connectivity index (χ4v) is 6.24. The Kier molecular flexibility index (Phi) is 0.721. The summed E-state index contributed by atoms with van der Waals surface area (Å²) in [6.45, 7) is 0. The molecule has 4 bridgehead atoms. The number of carbonyl (C=O) groups excluding carboxylic acids is 1. The van der Waals surface area contributed by atoms with Crippen LogP contribution in [-0.4, -0.2) is 5.78 Å². The largest absolute Gasteiger partial charge is 0.299 e. The van der Waals surface area contributed by atoms with Crippen molar-refractivity contribution in [3.8, 4) is 0 Å². The van der Waals surface area contributed by atoms with Crippen LogP contribution >= 0.6 is 0 Å². The summed E-state index contributed by atoms with van der Waals surface area (Å²) in [6, 6.07) is 0. The van der Waals surface area contributed by atoms with Crippen LogP contribution in [0, 0.1) is 47.3 Å². The molecule has 6 fully saturated rings. The number of ketones is 1. The van der Waals surface area contributed by atoms with Gasteiger partial charge in [-0.05, 0) is 48.3 Å². The number of Topliss-reactive ketones (excluding diaryl/α,β-unsaturated/α-hetero) is 1. The van der Waals surface area contributed by atoms with Gasteiger partial charge in [-0.3, -0.25) is 4.79 Å². The Morgan fingerprint density at radius 3 is 2.46 bits per heavy atom. The molecule has 13 heavy (non-hydrogen) atoms. The Morgan fingerprint density at radius 2 is 1.62 bits per heavy atom. The van der Waals surface area contributed by atoms with Crippen molar-refractivity contribution < 1.29 is 4.79 Å². The molecule has 0 heterocycles. The first-order valence-corrected chi connectivity index (χ1v) is 5.93. The molecule has 8 atom stereocenters. The first-order chi connectivity index (χ1) is 6.39. The number of rotatable bonds is 0. The van der Waals surface area contributed by atoms with E-state index in [1.807, 2.05) is 0 Å². The van der Waals surface area contributed by atoms with Crippen molar-refractivity contribution in [3.05, 3.63) is 0 Å². The second kappa shape index (κ2) is 1.51. The van der Waals surface area contributed by atoms with E-state index in [0.717, 1.165) is 35.5 Å². The van der Waals surface area contributed by atoms with E-state index >= 15 is 0 Å². The van der Waals surface area contributed by atoms with Crippen molar-refractivity contribution in [1.82, 2.24) is 0 Å². The summed E-state index contributed by atoms with van der Waals surface area (Å²) in [4.78, 5) is 12.0. The van der Waals surface area contributed by atoms with Gasteiger partial charge < -0.3 is 0 Å². The van der Waals surface area contributed by atoms with E-state index in [1.165, 1.54) is 19.3 Å². The van der Waals surface area contributed by atoms with Crippen molar-refractivity contribution in [2.45, 2.75) is 19.3 Å². The highest BCUT2D eigenvalue weighted by Crippen LogP contribution is 2.82. The van der Waals surface area contributed by atoms with Crippen LogP contribution in [0.3, 0.4) is 0 Å². The Hall–Kier alpha value is -0.330. The molecule has 6 rings (SSSR count). The molecule has 0 saturated heterocycles. The lowest BCUT2D eigenvalue weighted by Gasteiger charge is -2.68. The van der Waals surface area contributed by atoms with Gasteiger partial charge in [0.25, 0.3) is 0 Å². The van der Waals surface area contributed by atoms with E-state index < -0.39 is 0 Å². The van der Waals surface area contributed by atoms with Crippen LogP contribution in [0.15, 0.2) is 0 Å². The van der Waals surface area contributed by atoms with Gasteiger partial charge in [0.2, 0.25) is 0 Å². The van der Waals surface area contributed by atoms with Crippen LogP contribution < -0.4 is 0 Å². The van der Waals surface area contributed by atoms with Gasteiger partial charge in [0, 0.05) is 11.8 Å². The molecule has 0 aromatic carbocycles. The summed E-state index contributed by atoms with van der Waals surface area (Å²) >= 11 is 0. The smallest absolute Gasteiger partial charge is 0.140 e. The first kappa shape index (κ1) is 6.21. The second-order valence-electron chi connectivity index (χ2n) is 6.02. The third-order valence-corrected chi connectivity index (χ3v) is 6.25. The van der Waals surface area contributed by atoms with Gasteiger partial charge in [0.1, 0.15) is 5.78 Å². The molecule has 0 radical (unpaired) electrons. The Balaban J connectivity index is 1.79. The highest BCUT2D eigenvalue weighted by molar-refractivity contribution is 5.92. The van der Waals surface area contributed by atoms with Gasteiger partial charge >= 0.3 is 0 Å². The Bertz CT molecular complexity index is 330. The Morgan fingerprint density at radius 1 is 0.846 bits per heavy atom. The molecule has 0 aliphatic heterocycles. The fourth-order valence-electron chi connectivity index (χ4n) is 6.24. The number of hydrogen-bond donors (Lipinski definition) is 0. The lowest BCUT2D eigenvalue weighted by Crippen LogP contribution is -2.66. The highest BCUT2D eigenvalue weighted by Gasteiger charge is 2.83. The average Bonchev–Trinajstić information content (AvgIpc) is 2.32. The van der Waals surface area contributed by atoms with E-state index in [0.29, 0.717) is 17.6 Å². The molecular formula is C12H14O. The predicted octanol–water partition coefficient (Wildman–Crippen LogP) is 1.72. The summed E-state index contributed by atoms with van der Waals surface area (Å²) in [6.07, 6.45) is 4.30. The summed E-state index contributed by atoms with van der Waals surface area (Å²) in [5.74, 6) is 7.55. The van der Waals surface area contributed by atoms with E-state index in [-0.39, 0.29) is 0 Å². The molecule has 1 nitrogen and oxygen atoms in total. The lowest BCUT2D eigenvalue weighted by atomic mass is 9.35. The topological polar surface area (TPSA) is 17.1 Å². The molecule has 0 spiro atoms. The van der Waals surface area contributed by atoms with Gasteiger partial charge in [-0.2, -0.15) is 0 Å². The molecule has 8 unspecified atom stereocenters. The molecule has 6 saturated carbocycles. The van der Waals surface area contributed by atoms with Crippen molar-refractivity contribution in [3.63, 3.8) is 0 Å². The van der Waals surface area contributed by atoms with Crippen molar-refractivity contribution in [2.24, 2.45) is 47.3 Å². The highest BCUT2D eigenvalue weighted by atomic mass is 16.1. The maximum absolute atomic E-state index is 12.0. The molecule has 6 aliphatic carbocycles. The number of hydrogen-bond acceptors (Lipinski definition) is 1. The van der Waals surface area contributed by atoms with Gasteiger partial charge in [0.15, 0.2) is 0 Å². The van der Waals surface area contributed by atoms with E-state index in [1.54, 1.807) is 0 Å². The maximum Gasteiger partial charge on any atom is 0.140 e. The summed E-state index contributed by atoms with van der Waals surface area (Å²) in [5, 5.41) is 0. The molecule has 0 amide bonds. The van der Waals surface area contributed by atoms with E-state index in [4.69, 9.17) is 0 Å². The molecule has 6 aliphatic rings. The molecular weight excluding hydrogens is 160 g/mol. The zero-order chi connectivity index (χ0) is 8.32. The second-order valence-corrected chi connectivity index (χ2v) is 6.02. The molecule has 0 N–H and O–H groups in total. The minimum atomic E-state index is 0.581. The monoisotopic (exact) mass is 174 g/mol. The first-order valence-electron chi connectivity index (χ1n) is 5.93. The summed E-state index contributed by atoms with van der Waals surface area (Å²) in [7, 11) is 0. The molecule has 0 aromatic heterocycles. The normalized spacial score (nSPS) is 74.9. The quantitative estimate of drug-likeness (QED) is 0.546. The van der Waals surface area contributed by atoms with Gasteiger partial charge in [-0.25, -0.2) is 0 Å². The van der Waals surface area contributed by atoms with E-state index in [9.17, 15) is 4.79 Å². The van der Waals surface area contributed by atoms with Crippen molar-refractivity contribution in [2.75, 3.05) is 0 Å². The van der Waals surface area contributed by atoms with Crippen LogP contribution in [0.25, 0.3) is 0 Å². The van der Waals surface area contributed by atoms with Crippen LogP contribution in [0.1, 0.15) is 19.3 Å². The van der Waals surface area contributed by atoms with Crippen LogP contribution in [0.2, 0.25) is 0 Å². The van der Waals surface area contributed by atoms with Gasteiger partial charge in [0.05, 0.1) is 0 Å². The lowest BCUT2D eigenvalue weighted by molar-refractivity contribution is -0.229. The predicted molar refractivity (Wildman–Crippen MR) is 46.8 cm³/mol. The maximum atomic E-state index is 12.0. The minimum absolute atomic E-state index is 0.581. The fraction of sp³-hybridized carbons (Fsp3) is 0.917. The summed E-state index contributed by atoms with van der Waals surface area (Å²) < 4.78 is 0. The van der Waals surface area contributed by atoms with Crippen LogP contribution in [0.4, 0.5) is 0 Å². The number of carbonyl (C=O) groups is 1. The van der Waals surface area contributed by atoms with Crippen LogP contribution in [0.5, 0.6) is 0 Å². The zero-order valence-electron chi connectivity index (χ0n) is 7.65. The van der Waals surface area contributed by atoms with Crippen LogP contribution in [-0.2, 0) is 4.79 Å². The number of fused-ring (bicyclic) bond motifs is 2. The zero-order valence-corrected chi connectivity index (χ0v) is 7.65. The average molecular weight is 174 g/mol. The Labute approximate surface area is 77.9 Å². The SMILES string of the molecule is O=C1C2C3CCCC4C2C2C1C3C42. The minimum Gasteiger partial charge on any atom is -0.299 e. The standard InChI is InChI=1S/C12H14O/c13-12-9-5-3-1-2-4-6-7(5)11(12)10(6)8(4)9/h4-11H,1-3H2. The van der Waals surface area contributed by atoms with Crippen molar-refractivity contribution in [1.29, 1.82) is 0 Å². The summed E-state index contributed by atoms with van der Waals surface area (Å²) in [5.41, 5.74) is 0. The van der Waals surface area contributed by atoms with Gasteiger partial charge in [-0.1, -0.05) is 6.42 Å². The molecule has 0 aromatic rings. The molecule has 1 heteroatoms.